The lowest BCUT2D eigenvalue weighted by atomic mass is 10.1. The second-order valence-corrected chi connectivity index (χ2v) is 6.14. The number of benzene rings is 2. The predicted octanol–water partition coefficient (Wildman–Crippen LogP) is 5.52. The van der Waals surface area contributed by atoms with Crippen LogP contribution in [0.4, 0.5) is 10.8 Å². The van der Waals surface area contributed by atoms with Crippen molar-refractivity contribution in [2.24, 2.45) is 0 Å². The quantitative estimate of drug-likeness (QED) is 0.683. The van der Waals surface area contributed by atoms with Gasteiger partial charge in [0, 0.05) is 16.6 Å². The Labute approximate surface area is 138 Å². The molecule has 0 radical (unpaired) electrons. The summed E-state index contributed by atoms with van der Waals surface area (Å²) in [5.41, 5.74) is 4.20. The first-order valence-corrected chi connectivity index (χ1v) is 8.04. The average molecular weight is 331 g/mol. The Hall–Kier alpha value is -2.04. The monoisotopic (exact) mass is 330 g/mol. The Kier molecular flexibility index (Phi) is 4.32. The molecule has 22 heavy (non-hydrogen) atoms. The van der Waals surface area contributed by atoms with Crippen molar-refractivity contribution in [3.05, 3.63) is 58.4 Å². The maximum atomic E-state index is 6.13. The van der Waals surface area contributed by atoms with E-state index < -0.39 is 0 Å². The normalized spacial score (nSPS) is 10.5. The molecule has 0 atom stereocenters. The molecule has 112 valence electrons. The van der Waals surface area contributed by atoms with Gasteiger partial charge in [0.15, 0.2) is 5.13 Å². The molecule has 1 N–H and O–H groups in total. The van der Waals surface area contributed by atoms with Crippen LogP contribution in [0.5, 0.6) is 5.75 Å². The molecule has 1 aromatic heterocycles. The smallest absolute Gasteiger partial charge is 0.187 e. The summed E-state index contributed by atoms with van der Waals surface area (Å²) in [6.45, 7) is 2.07. The maximum absolute atomic E-state index is 6.13. The molecule has 3 nitrogen and oxygen atoms in total. The molecule has 0 aliphatic rings. The summed E-state index contributed by atoms with van der Waals surface area (Å²) in [5.74, 6) is 0.659. The highest BCUT2D eigenvalue weighted by Gasteiger charge is 2.06. The molecule has 3 rings (SSSR count). The highest BCUT2D eigenvalue weighted by atomic mass is 35.5. The summed E-state index contributed by atoms with van der Waals surface area (Å²) in [7, 11) is 1.60. The second-order valence-electron chi connectivity index (χ2n) is 4.88. The van der Waals surface area contributed by atoms with Crippen molar-refractivity contribution < 1.29 is 4.74 Å². The SMILES string of the molecule is COc1ccc(Nc2nc(-c3ccc(C)cc3)cs2)cc1Cl. The number of nitrogens with zero attached hydrogens (tertiary/aromatic N) is 1. The number of hydrogen-bond acceptors (Lipinski definition) is 4. The lowest BCUT2D eigenvalue weighted by molar-refractivity contribution is 0.415. The molecule has 5 heteroatoms. The number of ether oxygens (including phenoxy) is 1. The van der Waals surface area contributed by atoms with Crippen LogP contribution in [0.15, 0.2) is 47.8 Å². The van der Waals surface area contributed by atoms with E-state index in [9.17, 15) is 0 Å². The summed E-state index contributed by atoms with van der Waals surface area (Å²) >= 11 is 7.69. The van der Waals surface area contributed by atoms with Crippen molar-refractivity contribution in [3.8, 4) is 17.0 Å². The summed E-state index contributed by atoms with van der Waals surface area (Å²) < 4.78 is 5.15. The van der Waals surface area contributed by atoms with E-state index >= 15 is 0 Å². The zero-order chi connectivity index (χ0) is 15.5. The summed E-state index contributed by atoms with van der Waals surface area (Å²) in [4.78, 5) is 4.61. The van der Waals surface area contributed by atoms with Gasteiger partial charge in [-0.2, -0.15) is 0 Å². The number of nitrogens with one attached hydrogen (secondary N) is 1. The van der Waals surface area contributed by atoms with E-state index in [1.165, 1.54) is 5.56 Å². The van der Waals surface area contributed by atoms with Crippen molar-refractivity contribution in [2.45, 2.75) is 6.92 Å². The standard InChI is InChI=1S/C17H15ClN2OS/c1-11-3-5-12(6-4-11)15-10-22-17(20-15)19-13-7-8-16(21-2)14(18)9-13/h3-10H,1-2H3,(H,19,20). The first kappa shape index (κ1) is 14.9. The molecule has 0 unspecified atom stereocenters. The topological polar surface area (TPSA) is 34.1 Å². The van der Waals surface area contributed by atoms with Crippen LogP contribution in [-0.4, -0.2) is 12.1 Å². The molecule has 1 heterocycles. The third-order valence-electron chi connectivity index (χ3n) is 3.25. The van der Waals surface area contributed by atoms with Gasteiger partial charge in [-0.25, -0.2) is 4.98 Å². The van der Waals surface area contributed by atoms with Crippen molar-refractivity contribution >= 4 is 33.8 Å². The molecule has 0 aliphatic heterocycles. The Bertz CT molecular complexity index is 784. The number of hydrogen-bond donors (Lipinski definition) is 1. The van der Waals surface area contributed by atoms with E-state index in [0.717, 1.165) is 22.1 Å². The van der Waals surface area contributed by atoms with Crippen LogP contribution in [0.25, 0.3) is 11.3 Å². The number of aryl methyl sites for hydroxylation is 1. The minimum absolute atomic E-state index is 0.572. The molecule has 0 aliphatic carbocycles. The van der Waals surface area contributed by atoms with E-state index in [4.69, 9.17) is 16.3 Å². The third kappa shape index (κ3) is 3.24. The third-order valence-corrected chi connectivity index (χ3v) is 4.31. The van der Waals surface area contributed by atoms with Gasteiger partial charge < -0.3 is 10.1 Å². The fourth-order valence-corrected chi connectivity index (χ4v) is 3.05. The lowest BCUT2D eigenvalue weighted by Gasteiger charge is -2.06. The summed E-state index contributed by atoms with van der Waals surface area (Å²) in [6, 6.07) is 13.9. The van der Waals surface area contributed by atoms with Crippen LogP contribution >= 0.6 is 22.9 Å². The van der Waals surface area contributed by atoms with Crippen LogP contribution < -0.4 is 10.1 Å². The van der Waals surface area contributed by atoms with Crippen LogP contribution in [0.2, 0.25) is 5.02 Å². The molecular formula is C17H15ClN2OS. The Balaban J connectivity index is 1.79. The van der Waals surface area contributed by atoms with E-state index in [1.807, 2.05) is 23.6 Å². The predicted molar refractivity (Wildman–Crippen MR) is 93.6 cm³/mol. The number of aromatic nitrogens is 1. The van der Waals surface area contributed by atoms with Gasteiger partial charge >= 0.3 is 0 Å². The number of methoxy groups -OCH3 is 1. The maximum Gasteiger partial charge on any atom is 0.187 e. The number of rotatable bonds is 4. The van der Waals surface area contributed by atoms with Gasteiger partial charge in [-0.1, -0.05) is 41.4 Å². The van der Waals surface area contributed by atoms with Crippen molar-refractivity contribution in [1.82, 2.24) is 4.98 Å². The number of thiazole rings is 1. The fourth-order valence-electron chi connectivity index (χ4n) is 2.06. The molecular weight excluding hydrogens is 316 g/mol. The van der Waals surface area contributed by atoms with Crippen LogP contribution in [-0.2, 0) is 0 Å². The molecule has 0 saturated carbocycles. The minimum atomic E-state index is 0.572. The Morgan fingerprint density at radius 1 is 1.14 bits per heavy atom. The van der Waals surface area contributed by atoms with Gasteiger partial charge in [0.25, 0.3) is 0 Å². The van der Waals surface area contributed by atoms with Crippen LogP contribution in [0.3, 0.4) is 0 Å². The first-order chi connectivity index (χ1) is 10.7. The zero-order valence-corrected chi connectivity index (χ0v) is 13.8. The van der Waals surface area contributed by atoms with E-state index in [0.29, 0.717) is 10.8 Å². The first-order valence-electron chi connectivity index (χ1n) is 6.79. The average Bonchev–Trinajstić information content (AvgIpc) is 2.97. The van der Waals surface area contributed by atoms with E-state index in [-0.39, 0.29) is 0 Å². The highest BCUT2D eigenvalue weighted by molar-refractivity contribution is 7.14. The summed E-state index contributed by atoms with van der Waals surface area (Å²) in [6.07, 6.45) is 0. The van der Waals surface area contributed by atoms with Gasteiger partial charge in [-0.3, -0.25) is 0 Å². The van der Waals surface area contributed by atoms with Gasteiger partial charge in [0.2, 0.25) is 0 Å². The van der Waals surface area contributed by atoms with Crippen LogP contribution in [0, 0.1) is 6.92 Å². The Morgan fingerprint density at radius 2 is 1.91 bits per heavy atom. The molecule has 0 fully saturated rings. The lowest BCUT2D eigenvalue weighted by Crippen LogP contribution is -1.91. The van der Waals surface area contributed by atoms with Gasteiger partial charge in [-0.05, 0) is 25.1 Å². The highest BCUT2D eigenvalue weighted by Crippen LogP contribution is 2.31. The van der Waals surface area contributed by atoms with Gasteiger partial charge in [-0.15, -0.1) is 11.3 Å². The minimum Gasteiger partial charge on any atom is -0.495 e. The Morgan fingerprint density at radius 3 is 2.59 bits per heavy atom. The molecule has 3 aromatic rings. The largest absolute Gasteiger partial charge is 0.495 e. The molecule has 0 spiro atoms. The van der Waals surface area contributed by atoms with Gasteiger partial charge in [0.05, 0.1) is 17.8 Å². The number of halogens is 1. The fraction of sp³-hybridized carbons (Fsp3) is 0.118. The van der Waals surface area contributed by atoms with E-state index in [1.54, 1.807) is 18.4 Å². The van der Waals surface area contributed by atoms with Crippen LogP contribution in [0.1, 0.15) is 5.56 Å². The molecule has 2 aromatic carbocycles. The zero-order valence-electron chi connectivity index (χ0n) is 12.3. The molecule has 0 bridgehead atoms. The van der Waals surface area contributed by atoms with Crippen molar-refractivity contribution in [2.75, 3.05) is 12.4 Å². The van der Waals surface area contributed by atoms with E-state index in [2.05, 4.69) is 41.5 Å². The number of anilines is 2. The van der Waals surface area contributed by atoms with Crippen molar-refractivity contribution in [1.29, 1.82) is 0 Å². The summed E-state index contributed by atoms with van der Waals surface area (Å²) in [5, 5.41) is 6.71. The van der Waals surface area contributed by atoms with Crippen molar-refractivity contribution in [3.63, 3.8) is 0 Å². The van der Waals surface area contributed by atoms with Gasteiger partial charge in [0.1, 0.15) is 5.75 Å². The second kappa shape index (κ2) is 6.38. The molecule has 0 saturated heterocycles. The molecule has 0 amide bonds.